The van der Waals surface area contributed by atoms with Gasteiger partial charge in [-0.25, -0.2) is 4.39 Å². The lowest BCUT2D eigenvalue weighted by atomic mass is 10.3. The van der Waals surface area contributed by atoms with Gasteiger partial charge in [-0.15, -0.1) is 0 Å². The number of hydrogen-bond donors (Lipinski definition) is 1. The number of rotatable bonds is 2. The second-order valence-electron chi connectivity index (χ2n) is 2.30. The van der Waals surface area contributed by atoms with Crippen molar-refractivity contribution < 1.29 is 4.39 Å². The molecule has 0 unspecified atom stereocenters. The summed E-state index contributed by atoms with van der Waals surface area (Å²) in [6, 6.07) is 6.11. The first-order chi connectivity index (χ1) is 6.34. The van der Waals surface area contributed by atoms with Crippen LogP contribution in [0.2, 0.25) is 0 Å². The molecule has 13 heavy (non-hydrogen) atoms. The summed E-state index contributed by atoms with van der Waals surface area (Å²) in [7, 11) is 0. The van der Waals surface area contributed by atoms with Gasteiger partial charge in [0.15, 0.2) is 0 Å². The van der Waals surface area contributed by atoms with Crippen LogP contribution in [0.4, 0.5) is 15.2 Å². The molecule has 0 radical (unpaired) electrons. The van der Waals surface area contributed by atoms with Crippen molar-refractivity contribution in [3.05, 3.63) is 30.1 Å². The molecule has 1 aromatic heterocycles. The number of hydrogen-bond acceptors (Lipinski definition) is 5. The Hall–Kier alpha value is -1.56. The maximum atomic E-state index is 12.7. The van der Waals surface area contributed by atoms with Crippen LogP contribution in [-0.2, 0) is 0 Å². The molecular formula is C7H5FN4S. The topological polar surface area (TPSA) is 50.7 Å². The Morgan fingerprint density at radius 2 is 2.31 bits per heavy atom. The standard InChI is InChI=1S/C7H5FN4S/c8-5-2-1-3-6(4-5)9-7-10-11-12-13-7/h1-4H,(H,9,10,12). The first-order valence-corrected chi connectivity index (χ1v) is 4.29. The van der Waals surface area contributed by atoms with Gasteiger partial charge in [0.1, 0.15) is 5.82 Å². The minimum absolute atomic E-state index is 0.289. The molecule has 0 aliphatic rings. The summed E-state index contributed by atoms with van der Waals surface area (Å²) in [6.45, 7) is 0. The first kappa shape index (κ1) is 8.06. The van der Waals surface area contributed by atoms with E-state index >= 15 is 0 Å². The highest BCUT2D eigenvalue weighted by molar-refractivity contribution is 7.09. The van der Waals surface area contributed by atoms with Crippen molar-refractivity contribution in [1.82, 2.24) is 14.8 Å². The first-order valence-electron chi connectivity index (χ1n) is 3.52. The molecule has 66 valence electrons. The van der Waals surface area contributed by atoms with Gasteiger partial charge in [0.05, 0.1) is 0 Å². The Balaban J connectivity index is 2.19. The van der Waals surface area contributed by atoms with Crippen LogP contribution in [-0.4, -0.2) is 14.8 Å². The van der Waals surface area contributed by atoms with Crippen LogP contribution in [0.15, 0.2) is 24.3 Å². The van der Waals surface area contributed by atoms with Gasteiger partial charge in [-0.1, -0.05) is 15.7 Å². The zero-order valence-corrected chi connectivity index (χ0v) is 7.25. The maximum absolute atomic E-state index is 12.7. The van der Waals surface area contributed by atoms with Crippen molar-refractivity contribution in [3.63, 3.8) is 0 Å². The van der Waals surface area contributed by atoms with Crippen molar-refractivity contribution >= 4 is 22.4 Å². The molecule has 1 N–H and O–H groups in total. The minimum atomic E-state index is -0.289. The minimum Gasteiger partial charge on any atom is -0.329 e. The monoisotopic (exact) mass is 196 g/mol. The van der Waals surface area contributed by atoms with E-state index < -0.39 is 0 Å². The van der Waals surface area contributed by atoms with E-state index in [1.807, 2.05) is 0 Å². The van der Waals surface area contributed by atoms with Crippen molar-refractivity contribution in [2.24, 2.45) is 0 Å². The fourth-order valence-corrected chi connectivity index (χ4v) is 1.26. The maximum Gasteiger partial charge on any atom is 0.229 e. The van der Waals surface area contributed by atoms with Gasteiger partial charge in [0, 0.05) is 17.2 Å². The molecule has 0 saturated heterocycles. The molecule has 2 rings (SSSR count). The fourth-order valence-electron chi connectivity index (χ4n) is 0.872. The van der Waals surface area contributed by atoms with Crippen molar-refractivity contribution in [2.45, 2.75) is 0 Å². The summed E-state index contributed by atoms with van der Waals surface area (Å²) in [5, 5.41) is 10.5. The highest BCUT2D eigenvalue weighted by atomic mass is 32.1. The number of benzene rings is 1. The van der Waals surface area contributed by atoms with E-state index in [1.165, 1.54) is 12.1 Å². The third kappa shape index (κ3) is 1.97. The molecule has 0 fully saturated rings. The molecule has 0 aliphatic carbocycles. The second-order valence-corrected chi connectivity index (χ2v) is 3.04. The molecule has 1 aromatic carbocycles. The number of nitrogens with one attached hydrogen (secondary N) is 1. The Kier molecular flexibility index (Phi) is 2.13. The predicted molar refractivity (Wildman–Crippen MR) is 47.4 cm³/mol. The Labute approximate surface area is 77.6 Å². The molecule has 6 heteroatoms. The highest BCUT2D eigenvalue weighted by Crippen LogP contribution is 2.16. The Bertz CT molecular complexity index is 389. The number of aromatic nitrogens is 3. The number of halogens is 1. The van der Waals surface area contributed by atoms with Crippen molar-refractivity contribution in [1.29, 1.82) is 0 Å². The van der Waals surface area contributed by atoms with E-state index in [9.17, 15) is 4.39 Å². The lowest BCUT2D eigenvalue weighted by molar-refractivity contribution is 0.628. The van der Waals surface area contributed by atoms with E-state index in [2.05, 4.69) is 20.1 Å². The molecule has 0 spiro atoms. The van der Waals surface area contributed by atoms with Crippen LogP contribution in [0.5, 0.6) is 0 Å². The van der Waals surface area contributed by atoms with Gasteiger partial charge in [0.25, 0.3) is 0 Å². The van der Waals surface area contributed by atoms with Crippen molar-refractivity contribution in [3.8, 4) is 0 Å². The summed E-state index contributed by atoms with van der Waals surface area (Å²) >= 11 is 1.12. The lowest BCUT2D eigenvalue weighted by Crippen LogP contribution is -1.89. The Morgan fingerprint density at radius 3 is 3.00 bits per heavy atom. The number of anilines is 2. The fraction of sp³-hybridized carbons (Fsp3) is 0. The van der Waals surface area contributed by atoms with Crippen LogP contribution in [0.1, 0.15) is 0 Å². The van der Waals surface area contributed by atoms with E-state index in [-0.39, 0.29) is 5.82 Å². The summed E-state index contributed by atoms with van der Waals surface area (Å²) in [4.78, 5) is 0. The summed E-state index contributed by atoms with van der Waals surface area (Å²) in [5.41, 5.74) is 0.638. The van der Waals surface area contributed by atoms with Gasteiger partial charge >= 0.3 is 0 Å². The van der Waals surface area contributed by atoms with Crippen LogP contribution in [0, 0.1) is 5.82 Å². The van der Waals surface area contributed by atoms with E-state index in [0.29, 0.717) is 10.8 Å². The van der Waals surface area contributed by atoms with E-state index in [1.54, 1.807) is 12.1 Å². The van der Waals surface area contributed by atoms with E-state index in [4.69, 9.17) is 0 Å². The van der Waals surface area contributed by atoms with Crippen LogP contribution >= 0.6 is 11.5 Å². The highest BCUT2D eigenvalue weighted by Gasteiger charge is 1.98. The third-order valence-corrected chi connectivity index (χ3v) is 1.89. The summed E-state index contributed by atoms with van der Waals surface area (Å²) in [5.74, 6) is -0.289. The van der Waals surface area contributed by atoms with Gasteiger partial charge in [-0.2, -0.15) is 0 Å². The van der Waals surface area contributed by atoms with Gasteiger partial charge in [0.2, 0.25) is 5.13 Å². The van der Waals surface area contributed by atoms with Crippen LogP contribution in [0.3, 0.4) is 0 Å². The molecule has 0 atom stereocenters. The average Bonchev–Trinajstić information content (AvgIpc) is 2.57. The lowest BCUT2D eigenvalue weighted by Gasteiger charge is -1.99. The van der Waals surface area contributed by atoms with Gasteiger partial charge in [-0.3, -0.25) is 0 Å². The van der Waals surface area contributed by atoms with Crippen LogP contribution < -0.4 is 5.32 Å². The molecule has 2 aromatic rings. The summed E-state index contributed by atoms with van der Waals surface area (Å²) < 4.78 is 16.3. The molecule has 4 nitrogen and oxygen atoms in total. The molecule has 0 amide bonds. The molecular weight excluding hydrogens is 191 g/mol. The largest absolute Gasteiger partial charge is 0.329 e. The SMILES string of the molecule is Fc1cccc(Nc2nnns2)c1. The zero-order valence-electron chi connectivity index (χ0n) is 6.44. The van der Waals surface area contributed by atoms with Crippen molar-refractivity contribution in [2.75, 3.05) is 5.32 Å². The Morgan fingerprint density at radius 1 is 1.38 bits per heavy atom. The quantitative estimate of drug-likeness (QED) is 0.795. The third-order valence-electron chi connectivity index (χ3n) is 1.38. The molecule has 0 aliphatic heterocycles. The van der Waals surface area contributed by atoms with Crippen LogP contribution in [0.25, 0.3) is 0 Å². The number of nitrogens with zero attached hydrogens (tertiary/aromatic N) is 3. The normalized spacial score (nSPS) is 9.92. The van der Waals surface area contributed by atoms with E-state index in [0.717, 1.165) is 11.5 Å². The molecule has 0 bridgehead atoms. The smallest absolute Gasteiger partial charge is 0.229 e. The second kappa shape index (κ2) is 3.44. The summed E-state index contributed by atoms with van der Waals surface area (Å²) in [6.07, 6.45) is 0. The molecule has 1 heterocycles. The molecule has 0 saturated carbocycles. The predicted octanol–water partition coefficient (Wildman–Crippen LogP) is 1.82. The van der Waals surface area contributed by atoms with Gasteiger partial charge in [-0.05, 0) is 23.4 Å². The zero-order chi connectivity index (χ0) is 9.10. The average molecular weight is 196 g/mol. The van der Waals surface area contributed by atoms with Gasteiger partial charge < -0.3 is 5.32 Å².